The molecular formula is C24H19N3O5S2. The molecule has 0 aliphatic carbocycles. The van der Waals surface area contributed by atoms with Gasteiger partial charge in [0.05, 0.1) is 35.0 Å². The summed E-state index contributed by atoms with van der Waals surface area (Å²) < 4.78 is 6.85. The zero-order valence-electron chi connectivity index (χ0n) is 18.3. The maximum atomic E-state index is 13.1. The molecule has 0 spiro atoms. The van der Waals surface area contributed by atoms with Crippen LogP contribution in [0.1, 0.15) is 27.6 Å². The molecule has 3 heterocycles. The fourth-order valence-corrected chi connectivity index (χ4v) is 6.07. The quantitative estimate of drug-likeness (QED) is 0.171. The van der Waals surface area contributed by atoms with Crippen molar-refractivity contribution in [2.24, 2.45) is 0 Å². The number of para-hydroxylation sites is 1. The molecule has 10 heteroatoms. The summed E-state index contributed by atoms with van der Waals surface area (Å²) >= 11 is 3.02. The molecule has 2 aromatic carbocycles. The number of carbonyl (C=O) groups is 4. The summed E-state index contributed by atoms with van der Waals surface area (Å²) in [5, 5.41) is 0. The first-order valence-corrected chi connectivity index (χ1v) is 12.3. The fourth-order valence-electron chi connectivity index (χ4n) is 4.06. The molecule has 0 radical (unpaired) electrons. The minimum atomic E-state index is -0.947. The Morgan fingerprint density at radius 1 is 1.09 bits per heavy atom. The average molecular weight is 494 g/mol. The number of hydrogen-bond acceptors (Lipinski definition) is 8. The van der Waals surface area contributed by atoms with E-state index < -0.39 is 29.7 Å². The minimum Gasteiger partial charge on any atom is -0.464 e. The molecule has 1 atom stereocenters. The summed E-state index contributed by atoms with van der Waals surface area (Å²) in [6.07, 6.45) is 0. The van der Waals surface area contributed by atoms with Crippen LogP contribution in [0.3, 0.4) is 0 Å². The number of thioether (sulfide) groups is 1. The second-order valence-electron chi connectivity index (χ2n) is 7.85. The molecule has 2 aliphatic heterocycles. The van der Waals surface area contributed by atoms with Gasteiger partial charge in [-0.05, 0) is 36.8 Å². The summed E-state index contributed by atoms with van der Waals surface area (Å²) in [6, 6.07) is 13.4. The van der Waals surface area contributed by atoms with Crippen LogP contribution in [0, 0.1) is 0 Å². The van der Waals surface area contributed by atoms with E-state index in [4.69, 9.17) is 4.74 Å². The second-order valence-corrected chi connectivity index (χ2v) is 10.1. The van der Waals surface area contributed by atoms with Crippen molar-refractivity contribution >= 4 is 57.0 Å². The van der Waals surface area contributed by atoms with Gasteiger partial charge in [0.2, 0.25) is 0 Å². The number of nitrogens with zero attached hydrogens (tertiary/aromatic N) is 3. The van der Waals surface area contributed by atoms with Crippen molar-refractivity contribution < 1.29 is 23.9 Å². The lowest BCUT2D eigenvalue weighted by molar-refractivity contribution is -0.151. The van der Waals surface area contributed by atoms with Crippen LogP contribution in [0.5, 0.6) is 0 Å². The van der Waals surface area contributed by atoms with Gasteiger partial charge in [0.15, 0.2) is 4.34 Å². The lowest BCUT2D eigenvalue weighted by Crippen LogP contribution is -2.65. The average Bonchev–Trinajstić information content (AvgIpc) is 3.38. The normalized spacial score (nSPS) is 18.2. The molecule has 3 aromatic rings. The summed E-state index contributed by atoms with van der Waals surface area (Å²) in [7, 11) is 1.25. The van der Waals surface area contributed by atoms with Gasteiger partial charge in [0.25, 0.3) is 17.7 Å². The molecule has 0 N–H and O–H groups in total. The van der Waals surface area contributed by atoms with Crippen LogP contribution >= 0.6 is 23.1 Å². The number of ether oxygens (including phenoxy) is 1. The highest BCUT2D eigenvalue weighted by Gasteiger charge is 2.51. The molecule has 1 aromatic heterocycles. The SMILES string of the molecule is COC(=O)/C(=C(\C)CSc1nc2ccccc2s1)N1CC(N2C(=O)c3ccccc3C2=O)C1=O. The predicted molar refractivity (Wildman–Crippen MR) is 128 cm³/mol. The number of aromatic nitrogens is 1. The van der Waals surface area contributed by atoms with Gasteiger partial charge in [-0.3, -0.25) is 19.3 Å². The molecule has 172 valence electrons. The number of likely N-dealkylation sites (tertiary alicyclic amines) is 1. The van der Waals surface area contributed by atoms with Crippen molar-refractivity contribution in [2.75, 3.05) is 19.4 Å². The van der Waals surface area contributed by atoms with Gasteiger partial charge in [0.1, 0.15) is 11.7 Å². The predicted octanol–water partition coefficient (Wildman–Crippen LogP) is 3.34. The number of imide groups is 1. The van der Waals surface area contributed by atoms with Crippen molar-refractivity contribution in [1.82, 2.24) is 14.8 Å². The number of hydrogen-bond donors (Lipinski definition) is 0. The van der Waals surface area contributed by atoms with Crippen molar-refractivity contribution in [1.29, 1.82) is 0 Å². The van der Waals surface area contributed by atoms with E-state index in [0.29, 0.717) is 11.3 Å². The molecule has 5 rings (SSSR count). The zero-order chi connectivity index (χ0) is 24.0. The highest BCUT2D eigenvalue weighted by atomic mass is 32.2. The Morgan fingerprint density at radius 3 is 2.35 bits per heavy atom. The first kappa shape index (κ1) is 22.3. The Labute approximate surface area is 203 Å². The molecule has 0 saturated carbocycles. The third-order valence-electron chi connectivity index (χ3n) is 5.78. The molecule has 0 bridgehead atoms. The summed E-state index contributed by atoms with van der Waals surface area (Å²) in [4.78, 5) is 58.0. The molecule has 2 aliphatic rings. The number of amides is 3. The molecule has 1 saturated heterocycles. The van der Waals surface area contributed by atoms with Crippen molar-refractivity contribution in [3.63, 3.8) is 0 Å². The Hall–Kier alpha value is -3.50. The molecular weight excluding hydrogens is 474 g/mol. The smallest absolute Gasteiger partial charge is 0.354 e. The first-order valence-electron chi connectivity index (χ1n) is 10.5. The third kappa shape index (κ3) is 3.59. The van der Waals surface area contributed by atoms with Crippen molar-refractivity contribution in [3.8, 4) is 0 Å². The minimum absolute atomic E-state index is 0.0396. The monoisotopic (exact) mass is 493 g/mol. The number of thiazole rings is 1. The third-order valence-corrected chi connectivity index (χ3v) is 8.13. The summed E-state index contributed by atoms with van der Waals surface area (Å²) in [5.74, 6) is -1.70. The first-order chi connectivity index (χ1) is 16.4. The van der Waals surface area contributed by atoms with Gasteiger partial charge < -0.3 is 9.64 Å². The van der Waals surface area contributed by atoms with Crippen LogP contribution in [0.15, 0.2) is 64.1 Å². The Bertz CT molecular complexity index is 1330. The summed E-state index contributed by atoms with van der Waals surface area (Å²) in [6.45, 7) is 1.80. The highest BCUT2D eigenvalue weighted by molar-refractivity contribution is 8.01. The Morgan fingerprint density at radius 2 is 1.74 bits per heavy atom. The molecule has 8 nitrogen and oxygen atoms in total. The van der Waals surface area contributed by atoms with E-state index in [9.17, 15) is 19.2 Å². The van der Waals surface area contributed by atoms with Gasteiger partial charge in [-0.25, -0.2) is 9.78 Å². The van der Waals surface area contributed by atoms with Gasteiger partial charge in [-0.1, -0.05) is 36.0 Å². The van der Waals surface area contributed by atoms with Gasteiger partial charge in [-0.15, -0.1) is 11.3 Å². The zero-order valence-corrected chi connectivity index (χ0v) is 19.9. The van der Waals surface area contributed by atoms with E-state index in [1.54, 1.807) is 42.5 Å². The number of esters is 1. The Kier molecular flexibility index (Phi) is 5.70. The number of benzene rings is 2. The van der Waals surface area contributed by atoms with E-state index in [0.717, 1.165) is 19.5 Å². The largest absolute Gasteiger partial charge is 0.464 e. The number of rotatable bonds is 6. The topological polar surface area (TPSA) is 96.9 Å². The van der Waals surface area contributed by atoms with Gasteiger partial charge in [0, 0.05) is 5.75 Å². The maximum Gasteiger partial charge on any atom is 0.354 e. The van der Waals surface area contributed by atoms with E-state index in [1.807, 2.05) is 24.3 Å². The number of methoxy groups -OCH3 is 1. The van der Waals surface area contributed by atoms with Crippen molar-refractivity contribution in [2.45, 2.75) is 17.3 Å². The molecule has 3 amide bonds. The Balaban J connectivity index is 1.34. The fraction of sp³-hybridized carbons (Fsp3) is 0.208. The van der Waals surface area contributed by atoms with Gasteiger partial charge >= 0.3 is 5.97 Å². The van der Waals surface area contributed by atoms with Crippen LogP contribution in [-0.2, 0) is 14.3 Å². The molecule has 1 unspecified atom stereocenters. The van der Waals surface area contributed by atoms with E-state index in [1.165, 1.54) is 23.8 Å². The van der Waals surface area contributed by atoms with E-state index in [-0.39, 0.29) is 23.4 Å². The standard InChI is InChI=1S/C24H19N3O5S2/c1-13(12-33-24-25-16-9-5-6-10-18(16)34-24)19(23(31)32-2)26-11-17(22(26)30)27-20(28)14-7-3-4-8-15(14)21(27)29/h3-10,17H,11-12H2,1-2H3/b19-13-. The van der Waals surface area contributed by atoms with Crippen LogP contribution in [0.2, 0.25) is 0 Å². The highest BCUT2D eigenvalue weighted by Crippen LogP contribution is 2.34. The molecule has 1 fully saturated rings. The second kappa shape index (κ2) is 8.69. The number of fused-ring (bicyclic) bond motifs is 2. The maximum absolute atomic E-state index is 13.1. The van der Waals surface area contributed by atoms with E-state index >= 15 is 0 Å². The van der Waals surface area contributed by atoms with Gasteiger partial charge in [-0.2, -0.15) is 0 Å². The van der Waals surface area contributed by atoms with Crippen LogP contribution in [0.25, 0.3) is 10.2 Å². The van der Waals surface area contributed by atoms with Crippen molar-refractivity contribution in [3.05, 3.63) is 70.9 Å². The lowest BCUT2D eigenvalue weighted by Gasteiger charge is -2.42. The lowest BCUT2D eigenvalue weighted by atomic mass is 10.0. The van der Waals surface area contributed by atoms with Crippen LogP contribution < -0.4 is 0 Å². The van der Waals surface area contributed by atoms with Crippen LogP contribution in [-0.4, -0.2) is 63.9 Å². The summed E-state index contributed by atoms with van der Waals surface area (Å²) in [5.41, 5.74) is 2.25. The number of carbonyl (C=O) groups excluding carboxylic acids is 4. The van der Waals surface area contributed by atoms with Crippen LogP contribution in [0.4, 0.5) is 0 Å². The number of β-lactam (4-membered cyclic amide) rings is 1. The van der Waals surface area contributed by atoms with E-state index in [2.05, 4.69) is 4.98 Å². The molecule has 34 heavy (non-hydrogen) atoms.